The Morgan fingerprint density at radius 2 is 2.04 bits per heavy atom. The number of hydrogen-bond donors (Lipinski definition) is 2. The fourth-order valence-electron chi connectivity index (χ4n) is 2.78. The van der Waals surface area contributed by atoms with Crippen molar-refractivity contribution in [2.75, 3.05) is 0 Å². The summed E-state index contributed by atoms with van der Waals surface area (Å²) in [6.45, 7) is 8.36. The van der Waals surface area contributed by atoms with Gasteiger partial charge in [-0.3, -0.25) is 9.59 Å². The van der Waals surface area contributed by atoms with Crippen LogP contribution in [0.2, 0.25) is 0 Å². The lowest BCUT2D eigenvalue weighted by molar-refractivity contribution is -0.120. The minimum Gasteiger partial charge on any atom is -0.351 e. The number of rotatable bonds is 6. The Bertz CT molecular complexity index is 1040. The van der Waals surface area contributed by atoms with E-state index in [4.69, 9.17) is 0 Å². The number of aromatic amines is 1. The van der Waals surface area contributed by atoms with Crippen LogP contribution in [0.3, 0.4) is 0 Å². The summed E-state index contributed by atoms with van der Waals surface area (Å²) in [6.07, 6.45) is 0. The van der Waals surface area contributed by atoms with Gasteiger partial charge in [0, 0.05) is 11.4 Å². The number of benzene rings is 1. The van der Waals surface area contributed by atoms with Crippen molar-refractivity contribution in [3.63, 3.8) is 0 Å². The second-order valence-corrected chi connectivity index (χ2v) is 9.11. The number of thiophene rings is 1. The molecule has 0 aliphatic heterocycles. The monoisotopic (exact) mass is 401 g/mol. The van der Waals surface area contributed by atoms with Crippen LogP contribution in [0.1, 0.15) is 34.3 Å². The molecule has 1 amide bonds. The van der Waals surface area contributed by atoms with Crippen LogP contribution in [0.4, 0.5) is 0 Å². The van der Waals surface area contributed by atoms with E-state index >= 15 is 0 Å². The topological polar surface area (TPSA) is 74.8 Å². The summed E-state index contributed by atoms with van der Waals surface area (Å²) in [5.74, 6) is 1.08. The molecule has 3 rings (SSSR count). The van der Waals surface area contributed by atoms with Gasteiger partial charge in [-0.1, -0.05) is 24.3 Å². The fourth-order valence-corrected chi connectivity index (χ4v) is 4.61. The van der Waals surface area contributed by atoms with Gasteiger partial charge < -0.3 is 10.3 Å². The zero-order chi connectivity index (χ0) is 19.6. The van der Waals surface area contributed by atoms with E-state index < -0.39 is 0 Å². The van der Waals surface area contributed by atoms with E-state index in [1.807, 2.05) is 52.0 Å². The standard InChI is InChI=1S/C20H23N3O2S2/c1-11-7-5-6-8-15(11)9-21-18(24)14(4)26-10-16-22-19(25)17-12(2)13(3)27-20(17)23-16/h5-8,14H,9-10H2,1-4H3,(H,21,24)(H,22,23,25). The lowest BCUT2D eigenvalue weighted by atomic mass is 10.1. The van der Waals surface area contributed by atoms with Gasteiger partial charge in [-0.25, -0.2) is 4.98 Å². The lowest BCUT2D eigenvalue weighted by Crippen LogP contribution is -2.30. The van der Waals surface area contributed by atoms with Crippen LogP contribution in [0.15, 0.2) is 29.1 Å². The molecule has 0 aliphatic carbocycles. The number of H-pyrrole nitrogens is 1. The first-order chi connectivity index (χ1) is 12.9. The maximum Gasteiger partial charge on any atom is 0.259 e. The molecule has 0 bridgehead atoms. The quantitative estimate of drug-likeness (QED) is 0.658. The second-order valence-electron chi connectivity index (χ2n) is 6.57. The van der Waals surface area contributed by atoms with Gasteiger partial charge in [0.25, 0.3) is 5.56 Å². The maximum absolute atomic E-state index is 12.4. The minimum atomic E-state index is -0.234. The Morgan fingerprint density at radius 3 is 2.78 bits per heavy atom. The van der Waals surface area contributed by atoms with Crippen LogP contribution in [0.25, 0.3) is 10.2 Å². The van der Waals surface area contributed by atoms with E-state index in [1.54, 1.807) is 0 Å². The summed E-state index contributed by atoms with van der Waals surface area (Å²) in [6, 6.07) is 8.01. The summed E-state index contributed by atoms with van der Waals surface area (Å²) in [5, 5.41) is 3.42. The highest BCUT2D eigenvalue weighted by Crippen LogP contribution is 2.26. The van der Waals surface area contributed by atoms with E-state index in [-0.39, 0.29) is 16.7 Å². The SMILES string of the molecule is Cc1ccccc1CNC(=O)C(C)SCc1nc2sc(C)c(C)c2c(=O)[nH]1. The van der Waals surface area contributed by atoms with Crippen molar-refractivity contribution in [2.24, 2.45) is 0 Å². The Labute approximate surface area is 166 Å². The van der Waals surface area contributed by atoms with Crippen LogP contribution >= 0.6 is 23.1 Å². The summed E-state index contributed by atoms with van der Waals surface area (Å²) in [5.41, 5.74) is 3.17. The molecule has 2 aromatic heterocycles. The Hall–Kier alpha value is -2.12. The molecule has 0 spiro atoms. The molecular weight excluding hydrogens is 378 g/mol. The molecule has 27 heavy (non-hydrogen) atoms. The van der Waals surface area contributed by atoms with Gasteiger partial charge in [-0.2, -0.15) is 0 Å². The summed E-state index contributed by atoms with van der Waals surface area (Å²) >= 11 is 3.00. The molecule has 0 saturated carbocycles. The zero-order valence-electron chi connectivity index (χ0n) is 15.9. The van der Waals surface area contributed by atoms with E-state index in [9.17, 15) is 9.59 Å². The van der Waals surface area contributed by atoms with Crippen molar-refractivity contribution < 1.29 is 4.79 Å². The number of fused-ring (bicyclic) bond motifs is 1. The summed E-state index contributed by atoms with van der Waals surface area (Å²) < 4.78 is 0. The predicted molar refractivity (Wildman–Crippen MR) is 113 cm³/mol. The van der Waals surface area contributed by atoms with Crippen molar-refractivity contribution in [1.82, 2.24) is 15.3 Å². The number of carbonyl (C=O) groups is 1. The van der Waals surface area contributed by atoms with Crippen LogP contribution in [0.5, 0.6) is 0 Å². The normalized spacial score (nSPS) is 12.3. The number of nitrogens with one attached hydrogen (secondary N) is 2. The van der Waals surface area contributed by atoms with Crippen LogP contribution in [-0.2, 0) is 17.1 Å². The molecule has 0 aliphatic rings. The predicted octanol–water partition coefficient (Wildman–Crippen LogP) is 3.85. The van der Waals surface area contributed by atoms with Crippen molar-refractivity contribution in [2.45, 2.75) is 45.2 Å². The fraction of sp³-hybridized carbons (Fsp3) is 0.350. The van der Waals surface area contributed by atoms with Crippen molar-refractivity contribution in [3.8, 4) is 0 Å². The van der Waals surface area contributed by atoms with Gasteiger partial charge in [0.05, 0.1) is 16.4 Å². The first-order valence-electron chi connectivity index (χ1n) is 8.79. The van der Waals surface area contributed by atoms with E-state index in [0.29, 0.717) is 23.5 Å². The molecule has 0 fully saturated rings. The summed E-state index contributed by atoms with van der Waals surface area (Å²) in [4.78, 5) is 34.0. The van der Waals surface area contributed by atoms with E-state index in [1.165, 1.54) is 23.1 Å². The minimum absolute atomic E-state index is 0.0190. The van der Waals surface area contributed by atoms with Crippen molar-refractivity contribution >= 4 is 39.2 Å². The van der Waals surface area contributed by atoms with Gasteiger partial charge in [0.15, 0.2) is 0 Å². The number of nitrogens with zero attached hydrogens (tertiary/aromatic N) is 1. The number of amides is 1. The first kappa shape index (κ1) is 19.6. The smallest absolute Gasteiger partial charge is 0.259 e. The van der Waals surface area contributed by atoms with E-state index in [0.717, 1.165) is 26.4 Å². The van der Waals surface area contributed by atoms with Crippen molar-refractivity contribution in [1.29, 1.82) is 0 Å². The van der Waals surface area contributed by atoms with Gasteiger partial charge in [0.1, 0.15) is 10.7 Å². The molecule has 2 N–H and O–H groups in total. The van der Waals surface area contributed by atoms with Gasteiger partial charge in [0.2, 0.25) is 5.91 Å². The van der Waals surface area contributed by atoms with Crippen LogP contribution in [0, 0.1) is 20.8 Å². The third-order valence-corrected chi connectivity index (χ3v) is 6.90. The molecule has 7 heteroatoms. The maximum atomic E-state index is 12.4. The molecule has 0 saturated heterocycles. The number of carbonyl (C=O) groups excluding carboxylic acids is 1. The molecular formula is C20H23N3O2S2. The van der Waals surface area contributed by atoms with Crippen molar-refractivity contribution in [3.05, 3.63) is 62.0 Å². The number of aryl methyl sites for hydroxylation is 3. The van der Waals surface area contributed by atoms with Crippen LogP contribution in [-0.4, -0.2) is 21.1 Å². The highest BCUT2D eigenvalue weighted by molar-refractivity contribution is 7.99. The second kappa shape index (κ2) is 8.27. The molecule has 2 heterocycles. The van der Waals surface area contributed by atoms with Crippen LogP contribution < -0.4 is 10.9 Å². The molecule has 3 aromatic rings. The Balaban J connectivity index is 1.61. The molecule has 1 atom stereocenters. The van der Waals surface area contributed by atoms with E-state index in [2.05, 4.69) is 15.3 Å². The molecule has 1 aromatic carbocycles. The van der Waals surface area contributed by atoms with Gasteiger partial charge in [-0.15, -0.1) is 23.1 Å². The highest BCUT2D eigenvalue weighted by Gasteiger charge is 2.16. The zero-order valence-corrected chi connectivity index (χ0v) is 17.5. The number of hydrogen-bond acceptors (Lipinski definition) is 5. The number of thioether (sulfide) groups is 1. The molecule has 5 nitrogen and oxygen atoms in total. The average Bonchev–Trinajstić information content (AvgIpc) is 2.93. The Kier molecular flexibility index (Phi) is 6.01. The van der Waals surface area contributed by atoms with Gasteiger partial charge in [-0.05, 0) is 44.4 Å². The molecule has 1 unspecified atom stereocenters. The molecule has 142 valence electrons. The number of aromatic nitrogens is 2. The highest BCUT2D eigenvalue weighted by atomic mass is 32.2. The third kappa shape index (κ3) is 4.42. The molecule has 0 radical (unpaired) electrons. The largest absolute Gasteiger partial charge is 0.351 e. The average molecular weight is 402 g/mol. The summed E-state index contributed by atoms with van der Waals surface area (Å²) in [7, 11) is 0. The van der Waals surface area contributed by atoms with Gasteiger partial charge >= 0.3 is 0 Å². The third-order valence-electron chi connectivity index (χ3n) is 4.64. The first-order valence-corrected chi connectivity index (χ1v) is 10.7. The Morgan fingerprint density at radius 1 is 1.30 bits per heavy atom. The lowest BCUT2D eigenvalue weighted by Gasteiger charge is -2.13.